The van der Waals surface area contributed by atoms with Crippen LogP contribution in [0.3, 0.4) is 0 Å². The second kappa shape index (κ2) is 3.17. The van der Waals surface area contributed by atoms with E-state index in [0.29, 0.717) is 11.7 Å². The fraction of sp³-hybridized carbons (Fsp3) is 0.900. The summed E-state index contributed by atoms with van der Waals surface area (Å²) in [5.41, 5.74) is 0. The smallest absolute Gasteiger partial charge is 0.141 e. The maximum Gasteiger partial charge on any atom is 0.141 e. The molecule has 1 saturated heterocycles. The molecule has 0 amide bonds. The molecule has 1 aliphatic carbocycles. The summed E-state index contributed by atoms with van der Waals surface area (Å²) in [4.78, 5) is 11.8. The molecule has 2 atom stereocenters. The molecule has 2 heteroatoms. The van der Waals surface area contributed by atoms with E-state index in [2.05, 4.69) is 0 Å². The Morgan fingerprint density at radius 3 is 2.50 bits per heavy atom. The van der Waals surface area contributed by atoms with Gasteiger partial charge in [0.15, 0.2) is 0 Å². The highest BCUT2D eigenvalue weighted by molar-refractivity contribution is 5.84. The number of hydrogen-bond acceptors (Lipinski definition) is 2. The zero-order valence-electron chi connectivity index (χ0n) is 7.58. The van der Waals surface area contributed by atoms with E-state index in [0.717, 1.165) is 25.9 Å². The van der Waals surface area contributed by atoms with Crippen molar-refractivity contribution >= 4 is 5.78 Å². The van der Waals surface area contributed by atoms with Crippen molar-refractivity contribution in [2.75, 3.05) is 6.61 Å². The van der Waals surface area contributed by atoms with E-state index in [1.165, 1.54) is 6.42 Å². The molecule has 2 aliphatic rings. The maximum atomic E-state index is 11.8. The molecule has 2 unspecified atom stereocenters. The van der Waals surface area contributed by atoms with Gasteiger partial charge in [0.05, 0.1) is 6.10 Å². The van der Waals surface area contributed by atoms with Crippen LogP contribution in [0.4, 0.5) is 0 Å². The van der Waals surface area contributed by atoms with Crippen molar-refractivity contribution in [1.29, 1.82) is 0 Å². The molecule has 2 nitrogen and oxygen atoms in total. The highest BCUT2D eigenvalue weighted by atomic mass is 16.5. The Labute approximate surface area is 73.3 Å². The van der Waals surface area contributed by atoms with E-state index < -0.39 is 0 Å². The number of ketones is 1. The van der Waals surface area contributed by atoms with Crippen LogP contribution in [0.1, 0.15) is 32.6 Å². The topological polar surface area (TPSA) is 26.3 Å². The number of carbonyl (C=O) groups excluding carboxylic acids is 1. The van der Waals surface area contributed by atoms with E-state index >= 15 is 0 Å². The average molecular weight is 168 g/mol. The minimum atomic E-state index is 0.179. The number of Topliss-reactive ketones (excluding diaryl/α,β-unsaturated/α-hetero) is 1. The first-order valence-corrected chi connectivity index (χ1v) is 4.94. The molecule has 2 rings (SSSR count). The summed E-state index contributed by atoms with van der Waals surface area (Å²) in [5.74, 6) is 1.08. The average Bonchev–Trinajstić information content (AvgIpc) is 2.31. The molecule has 0 aromatic heterocycles. The Hall–Kier alpha value is -0.370. The van der Waals surface area contributed by atoms with Crippen LogP contribution in [-0.4, -0.2) is 18.5 Å². The molecule has 12 heavy (non-hydrogen) atoms. The normalized spacial score (nSPS) is 36.4. The summed E-state index contributed by atoms with van der Waals surface area (Å²) < 4.78 is 5.38. The van der Waals surface area contributed by atoms with Crippen molar-refractivity contribution in [1.82, 2.24) is 0 Å². The van der Waals surface area contributed by atoms with Crippen molar-refractivity contribution in [2.24, 2.45) is 11.8 Å². The second-order valence-electron chi connectivity index (χ2n) is 4.00. The zero-order chi connectivity index (χ0) is 8.55. The summed E-state index contributed by atoms with van der Waals surface area (Å²) in [6.07, 6.45) is 4.64. The van der Waals surface area contributed by atoms with Crippen LogP contribution < -0.4 is 0 Å². The number of carbonyl (C=O) groups is 1. The summed E-state index contributed by atoms with van der Waals surface area (Å²) >= 11 is 0. The maximum absolute atomic E-state index is 11.8. The molecule has 1 aliphatic heterocycles. The highest BCUT2D eigenvalue weighted by Crippen LogP contribution is 2.33. The van der Waals surface area contributed by atoms with Crippen LogP contribution >= 0.6 is 0 Å². The van der Waals surface area contributed by atoms with E-state index in [4.69, 9.17) is 4.74 Å². The van der Waals surface area contributed by atoms with Crippen LogP contribution in [0.15, 0.2) is 0 Å². The Morgan fingerprint density at radius 1 is 1.33 bits per heavy atom. The standard InChI is InChI=1S/C10H16O2/c1-7-9(5-6-12-7)10(11)8-3-2-4-8/h7-9H,2-6H2,1H3. The van der Waals surface area contributed by atoms with Crippen LogP contribution in [0.25, 0.3) is 0 Å². The quantitative estimate of drug-likeness (QED) is 0.628. The van der Waals surface area contributed by atoms with E-state index in [9.17, 15) is 4.79 Å². The molecular weight excluding hydrogens is 152 g/mol. The lowest BCUT2D eigenvalue weighted by Crippen LogP contribution is -2.31. The molecule has 0 bridgehead atoms. The van der Waals surface area contributed by atoms with Gasteiger partial charge in [0.1, 0.15) is 5.78 Å². The molecule has 0 aromatic rings. The zero-order valence-corrected chi connectivity index (χ0v) is 7.58. The summed E-state index contributed by atoms with van der Waals surface area (Å²) in [5, 5.41) is 0. The van der Waals surface area contributed by atoms with E-state index in [1.54, 1.807) is 0 Å². The van der Waals surface area contributed by atoms with Gasteiger partial charge in [-0.1, -0.05) is 6.42 Å². The van der Waals surface area contributed by atoms with Crippen molar-refractivity contribution in [2.45, 2.75) is 38.7 Å². The van der Waals surface area contributed by atoms with E-state index in [-0.39, 0.29) is 12.0 Å². The van der Waals surface area contributed by atoms with Gasteiger partial charge in [-0.2, -0.15) is 0 Å². The Bertz CT molecular complexity index is 184. The Kier molecular flexibility index (Phi) is 2.18. The lowest BCUT2D eigenvalue weighted by molar-refractivity contribution is -0.130. The van der Waals surface area contributed by atoms with Crippen molar-refractivity contribution in [3.05, 3.63) is 0 Å². The molecular formula is C10H16O2. The van der Waals surface area contributed by atoms with Gasteiger partial charge >= 0.3 is 0 Å². The van der Waals surface area contributed by atoms with Gasteiger partial charge in [0.2, 0.25) is 0 Å². The first kappa shape index (κ1) is 8.24. The molecule has 0 spiro atoms. The van der Waals surface area contributed by atoms with Gasteiger partial charge in [-0.25, -0.2) is 0 Å². The number of rotatable bonds is 2. The van der Waals surface area contributed by atoms with Crippen LogP contribution in [-0.2, 0) is 9.53 Å². The van der Waals surface area contributed by atoms with Crippen LogP contribution in [0.5, 0.6) is 0 Å². The van der Waals surface area contributed by atoms with E-state index in [1.807, 2.05) is 6.92 Å². The predicted molar refractivity (Wildman–Crippen MR) is 45.9 cm³/mol. The molecule has 1 saturated carbocycles. The molecule has 0 N–H and O–H groups in total. The fourth-order valence-electron chi connectivity index (χ4n) is 2.10. The highest BCUT2D eigenvalue weighted by Gasteiger charge is 2.36. The monoisotopic (exact) mass is 168 g/mol. The SMILES string of the molecule is CC1OCCC1C(=O)C1CCC1. The van der Waals surface area contributed by atoms with Crippen molar-refractivity contribution < 1.29 is 9.53 Å². The number of ether oxygens (including phenoxy) is 1. The first-order chi connectivity index (χ1) is 5.79. The molecule has 0 aromatic carbocycles. The summed E-state index contributed by atoms with van der Waals surface area (Å²) in [6.45, 7) is 2.80. The first-order valence-electron chi connectivity index (χ1n) is 4.94. The minimum absolute atomic E-state index is 0.179. The van der Waals surface area contributed by atoms with Crippen LogP contribution in [0.2, 0.25) is 0 Å². The van der Waals surface area contributed by atoms with Gasteiger partial charge in [0.25, 0.3) is 0 Å². The lowest BCUT2D eigenvalue weighted by atomic mass is 9.76. The third-order valence-electron chi connectivity index (χ3n) is 3.25. The molecule has 68 valence electrons. The van der Waals surface area contributed by atoms with Gasteiger partial charge in [-0.15, -0.1) is 0 Å². The van der Waals surface area contributed by atoms with Gasteiger partial charge in [-0.3, -0.25) is 4.79 Å². The Morgan fingerprint density at radius 2 is 2.08 bits per heavy atom. The van der Waals surface area contributed by atoms with Crippen LogP contribution in [0, 0.1) is 11.8 Å². The largest absolute Gasteiger partial charge is 0.378 e. The predicted octanol–water partition coefficient (Wildman–Crippen LogP) is 1.78. The number of hydrogen-bond donors (Lipinski definition) is 0. The van der Waals surface area contributed by atoms with Gasteiger partial charge < -0.3 is 4.74 Å². The minimum Gasteiger partial charge on any atom is -0.378 e. The van der Waals surface area contributed by atoms with Gasteiger partial charge in [-0.05, 0) is 26.2 Å². The molecule has 1 heterocycles. The van der Waals surface area contributed by atoms with Crippen molar-refractivity contribution in [3.8, 4) is 0 Å². The van der Waals surface area contributed by atoms with Gasteiger partial charge in [0, 0.05) is 18.4 Å². The third kappa shape index (κ3) is 1.28. The Balaban J connectivity index is 1.93. The molecule has 2 fully saturated rings. The second-order valence-corrected chi connectivity index (χ2v) is 4.00. The summed E-state index contributed by atoms with van der Waals surface area (Å²) in [7, 11) is 0. The van der Waals surface area contributed by atoms with Crippen molar-refractivity contribution in [3.63, 3.8) is 0 Å². The fourth-order valence-corrected chi connectivity index (χ4v) is 2.10. The molecule has 0 radical (unpaired) electrons. The summed E-state index contributed by atoms with van der Waals surface area (Å²) in [6, 6.07) is 0. The lowest BCUT2D eigenvalue weighted by Gasteiger charge is -2.27. The third-order valence-corrected chi connectivity index (χ3v) is 3.25.